The molecule has 1 fully saturated rings. The predicted molar refractivity (Wildman–Crippen MR) is 68.4 cm³/mol. The molecular weight excluding hydrogens is 200 g/mol. The highest BCUT2D eigenvalue weighted by molar-refractivity contribution is 4.85. The van der Waals surface area contributed by atoms with Crippen LogP contribution in [0, 0.1) is 0 Å². The van der Waals surface area contributed by atoms with Crippen LogP contribution in [-0.2, 0) is 0 Å². The zero-order valence-corrected chi connectivity index (χ0v) is 10.9. The van der Waals surface area contributed by atoms with Gasteiger partial charge in [-0.25, -0.2) is 0 Å². The zero-order chi connectivity index (χ0) is 12.0. The Balaban J connectivity index is 2.17. The third-order valence-corrected chi connectivity index (χ3v) is 3.42. The maximum absolute atomic E-state index is 9.08. The van der Waals surface area contributed by atoms with Gasteiger partial charge in [-0.2, -0.15) is 0 Å². The van der Waals surface area contributed by atoms with Crippen molar-refractivity contribution in [3.05, 3.63) is 0 Å². The van der Waals surface area contributed by atoms with Gasteiger partial charge in [-0.3, -0.25) is 0 Å². The number of nitrogens with zero attached hydrogens (tertiary/aromatic N) is 1. The minimum absolute atomic E-state index is 0.0887. The van der Waals surface area contributed by atoms with Gasteiger partial charge in [0.15, 0.2) is 0 Å². The summed E-state index contributed by atoms with van der Waals surface area (Å²) in [6.45, 7) is 6.65. The van der Waals surface area contributed by atoms with E-state index in [1.165, 1.54) is 32.2 Å². The van der Waals surface area contributed by atoms with Crippen LogP contribution in [0.4, 0.5) is 0 Å². The normalized spacial score (nSPS) is 20.1. The van der Waals surface area contributed by atoms with Crippen molar-refractivity contribution in [2.24, 2.45) is 5.73 Å². The molecule has 1 unspecified atom stereocenters. The molecule has 0 aromatic carbocycles. The summed E-state index contributed by atoms with van der Waals surface area (Å²) in [4.78, 5) is 2.61. The Hall–Kier alpha value is -0.120. The van der Waals surface area contributed by atoms with E-state index in [9.17, 15) is 0 Å². The molecule has 16 heavy (non-hydrogen) atoms. The molecule has 3 heteroatoms. The van der Waals surface area contributed by atoms with Crippen LogP contribution in [0.5, 0.6) is 0 Å². The molecule has 0 bridgehead atoms. The van der Waals surface area contributed by atoms with E-state index in [4.69, 9.17) is 10.8 Å². The van der Waals surface area contributed by atoms with Crippen LogP contribution in [0.25, 0.3) is 0 Å². The van der Waals surface area contributed by atoms with Crippen molar-refractivity contribution in [2.75, 3.05) is 19.7 Å². The molecule has 3 nitrogen and oxygen atoms in total. The number of aliphatic hydroxyl groups is 1. The Morgan fingerprint density at radius 2 is 1.94 bits per heavy atom. The lowest BCUT2D eigenvalue weighted by Gasteiger charge is -2.25. The lowest BCUT2D eigenvalue weighted by atomic mass is 9.98. The molecule has 0 radical (unpaired) electrons. The number of aliphatic hydroxyl groups excluding tert-OH is 1. The molecule has 3 N–H and O–H groups in total. The van der Waals surface area contributed by atoms with Gasteiger partial charge >= 0.3 is 0 Å². The maximum Gasteiger partial charge on any atom is 0.0608 e. The first kappa shape index (κ1) is 13.9. The second kappa shape index (κ2) is 6.58. The number of unbranched alkanes of at least 4 members (excludes halogenated alkanes) is 1. The lowest BCUT2D eigenvalue weighted by Crippen LogP contribution is -2.41. The Bertz CT molecular complexity index is 190. The molecule has 0 saturated heterocycles. The van der Waals surface area contributed by atoms with Crippen molar-refractivity contribution in [2.45, 2.75) is 64.0 Å². The summed E-state index contributed by atoms with van der Waals surface area (Å²) in [7, 11) is 0. The van der Waals surface area contributed by atoms with E-state index in [2.05, 4.69) is 11.8 Å². The minimum atomic E-state index is -0.389. The van der Waals surface area contributed by atoms with Crippen molar-refractivity contribution >= 4 is 0 Å². The van der Waals surface area contributed by atoms with Gasteiger partial charge in [0, 0.05) is 11.6 Å². The summed E-state index contributed by atoms with van der Waals surface area (Å²) in [5.41, 5.74) is 5.54. The fraction of sp³-hybridized carbons (Fsp3) is 1.00. The van der Waals surface area contributed by atoms with Gasteiger partial charge in [-0.05, 0) is 52.1 Å². The smallest absolute Gasteiger partial charge is 0.0608 e. The fourth-order valence-electron chi connectivity index (χ4n) is 2.04. The third-order valence-electron chi connectivity index (χ3n) is 3.42. The summed E-state index contributed by atoms with van der Waals surface area (Å²) in [6.07, 6.45) is 7.35. The van der Waals surface area contributed by atoms with Gasteiger partial charge in [-0.15, -0.1) is 0 Å². The second-order valence-electron chi connectivity index (χ2n) is 5.54. The van der Waals surface area contributed by atoms with Crippen molar-refractivity contribution < 1.29 is 5.11 Å². The Morgan fingerprint density at radius 1 is 1.31 bits per heavy atom. The summed E-state index contributed by atoms with van der Waals surface area (Å²) >= 11 is 0. The molecule has 0 spiro atoms. The van der Waals surface area contributed by atoms with Gasteiger partial charge in [0.2, 0.25) is 0 Å². The molecule has 1 rings (SSSR count). The van der Waals surface area contributed by atoms with Crippen molar-refractivity contribution in [3.8, 4) is 0 Å². The fourth-order valence-corrected chi connectivity index (χ4v) is 2.04. The number of hydrogen-bond donors (Lipinski definition) is 2. The largest absolute Gasteiger partial charge is 0.394 e. The molecule has 0 amide bonds. The first-order chi connectivity index (χ1) is 7.59. The molecule has 0 aromatic rings. The average molecular weight is 228 g/mol. The van der Waals surface area contributed by atoms with Crippen LogP contribution < -0.4 is 5.73 Å². The van der Waals surface area contributed by atoms with Gasteiger partial charge < -0.3 is 15.7 Å². The summed E-state index contributed by atoms with van der Waals surface area (Å²) in [6, 6.07) is 0.852. The van der Waals surface area contributed by atoms with Crippen LogP contribution in [0.2, 0.25) is 0 Å². The van der Waals surface area contributed by atoms with Crippen LogP contribution in [0.15, 0.2) is 0 Å². The highest BCUT2D eigenvalue weighted by Gasteiger charge is 2.28. The summed E-state index contributed by atoms with van der Waals surface area (Å²) in [5.74, 6) is 0. The SMILES string of the molecule is CCCCN(CCCC(C)(N)CO)C1CC1. The quantitative estimate of drug-likeness (QED) is 0.632. The van der Waals surface area contributed by atoms with Gasteiger partial charge in [0.05, 0.1) is 6.61 Å². The molecule has 0 aromatic heterocycles. The number of rotatable bonds is 9. The van der Waals surface area contributed by atoms with E-state index in [1.54, 1.807) is 0 Å². The Kier molecular flexibility index (Phi) is 5.73. The van der Waals surface area contributed by atoms with Crippen LogP contribution in [0.1, 0.15) is 52.4 Å². The zero-order valence-electron chi connectivity index (χ0n) is 10.9. The first-order valence-corrected chi connectivity index (χ1v) is 6.73. The lowest BCUT2D eigenvalue weighted by molar-refractivity contribution is 0.185. The van der Waals surface area contributed by atoms with Gasteiger partial charge in [0.1, 0.15) is 0 Å². The highest BCUT2D eigenvalue weighted by Crippen LogP contribution is 2.27. The predicted octanol–water partition coefficient (Wildman–Crippen LogP) is 1.74. The maximum atomic E-state index is 9.08. The van der Waals surface area contributed by atoms with Crippen LogP contribution >= 0.6 is 0 Å². The van der Waals surface area contributed by atoms with Crippen molar-refractivity contribution in [1.29, 1.82) is 0 Å². The van der Waals surface area contributed by atoms with Crippen molar-refractivity contribution in [3.63, 3.8) is 0 Å². The molecule has 0 heterocycles. The summed E-state index contributed by atoms with van der Waals surface area (Å²) in [5, 5.41) is 9.08. The molecule has 1 aliphatic rings. The molecule has 1 aliphatic carbocycles. The standard InChI is InChI=1S/C13H28N2O/c1-3-4-9-15(12-6-7-12)10-5-8-13(2,14)11-16/h12,16H,3-11,14H2,1-2H3. The molecule has 96 valence electrons. The van der Waals surface area contributed by atoms with E-state index in [0.29, 0.717) is 0 Å². The highest BCUT2D eigenvalue weighted by atomic mass is 16.3. The molecule has 1 saturated carbocycles. The minimum Gasteiger partial charge on any atom is -0.394 e. The third kappa shape index (κ3) is 5.28. The van der Waals surface area contributed by atoms with E-state index in [-0.39, 0.29) is 12.1 Å². The van der Waals surface area contributed by atoms with Crippen LogP contribution in [-0.4, -0.2) is 41.3 Å². The van der Waals surface area contributed by atoms with Gasteiger partial charge in [-0.1, -0.05) is 13.3 Å². The second-order valence-corrected chi connectivity index (χ2v) is 5.54. The average Bonchev–Trinajstić information content (AvgIpc) is 3.07. The molecular formula is C13H28N2O. The van der Waals surface area contributed by atoms with E-state index < -0.39 is 0 Å². The topological polar surface area (TPSA) is 49.5 Å². The van der Waals surface area contributed by atoms with E-state index in [0.717, 1.165) is 25.4 Å². The molecule has 1 atom stereocenters. The Morgan fingerprint density at radius 3 is 2.44 bits per heavy atom. The first-order valence-electron chi connectivity index (χ1n) is 6.73. The van der Waals surface area contributed by atoms with Crippen LogP contribution in [0.3, 0.4) is 0 Å². The van der Waals surface area contributed by atoms with Crippen molar-refractivity contribution in [1.82, 2.24) is 4.90 Å². The van der Waals surface area contributed by atoms with E-state index >= 15 is 0 Å². The molecule has 0 aliphatic heterocycles. The monoisotopic (exact) mass is 228 g/mol. The Labute approximate surface area is 100 Å². The number of hydrogen-bond acceptors (Lipinski definition) is 3. The van der Waals surface area contributed by atoms with E-state index in [1.807, 2.05) is 6.92 Å². The summed E-state index contributed by atoms with van der Waals surface area (Å²) < 4.78 is 0. The number of nitrogens with two attached hydrogens (primary N) is 1. The van der Waals surface area contributed by atoms with Gasteiger partial charge in [0.25, 0.3) is 0 Å².